The van der Waals surface area contributed by atoms with E-state index in [-0.39, 0.29) is 48.1 Å². The second-order valence-electron chi connectivity index (χ2n) is 10.4. The van der Waals surface area contributed by atoms with E-state index in [2.05, 4.69) is 29.2 Å². The summed E-state index contributed by atoms with van der Waals surface area (Å²) in [6.07, 6.45) is 4.03. The molecule has 0 spiro atoms. The normalized spacial score (nSPS) is 15.0. The molecule has 3 heterocycles. The van der Waals surface area contributed by atoms with Crippen LogP contribution in [0.2, 0.25) is 0 Å². The minimum absolute atomic E-state index is 0.0945. The fraction of sp³-hybridized carbons (Fsp3) is 0.429. The van der Waals surface area contributed by atoms with E-state index < -0.39 is 5.91 Å². The Hall–Kier alpha value is -3.75. The highest BCUT2D eigenvalue weighted by atomic mass is 19.1. The Kier molecular flexibility index (Phi) is 7.61. The van der Waals surface area contributed by atoms with Crippen LogP contribution in [0.25, 0.3) is 5.52 Å². The average Bonchev–Trinajstić information content (AvgIpc) is 3.28. The zero-order chi connectivity index (χ0) is 26.7. The minimum Gasteiger partial charge on any atom is -0.469 e. The number of anilines is 1. The molecular weight excluding hydrogens is 475 g/mol. The van der Waals surface area contributed by atoms with E-state index in [1.54, 1.807) is 22.7 Å². The lowest BCUT2D eigenvalue weighted by Gasteiger charge is -2.39. The summed E-state index contributed by atoms with van der Waals surface area (Å²) in [5, 5.41) is 7.12. The molecule has 2 aromatic heterocycles. The summed E-state index contributed by atoms with van der Waals surface area (Å²) < 4.78 is 19.7. The Morgan fingerprint density at radius 2 is 1.78 bits per heavy atom. The van der Waals surface area contributed by atoms with Gasteiger partial charge in [0, 0.05) is 25.7 Å². The lowest BCUT2D eigenvalue weighted by molar-refractivity contribution is -0.139. The van der Waals surface area contributed by atoms with Crippen LogP contribution in [-0.2, 0) is 27.2 Å². The number of pyridine rings is 1. The molecule has 37 heavy (non-hydrogen) atoms. The van der Waals surface area contributed by atoms with Crippen molar-refractivity contribution in [2.75, 3.05) is 31.6 Å². The third-order valence-corrected chi connectivity index (χ3v) is 7.03. The zero-order valence-electron chi connectivity index (χ0n) is 21.8. The molecule has 1 aromatic carbocycles. The number of aryl methyl sites for hydroxylation is 1. The van der Waals surface area contributed by atoms with Crippen LogP contribution in [0.3, 0.4) is 0 Å². The van der Waals surface area contributed by atoms with E-state index in [4.69, 9.17) is 4.74 Å². The van der Waals surface area contributed by atoms with E-state index in [1.165, 1.54) is 19.2 Å². The zero-order valence-corrected chi connectivity index (χ0v) is 21.8. The number of piperidine rings is 1. The van der Waals surface area contributed by atoms with Crippen LogP contribution in [0.1, 0.15) is 53.9 Å². The topological polar surface area (TPSA) is 93.0 Å². The fourth-order valence-corrected chi connectivity index (χ4v) is 4.67. The number of nitrogens with zero attached hydrogens (tertiary/aromatic N) is 3. The van der Waals surface area contributed by atoms with Gasteiger partial charge in [0.2, 0.25) is 0 Å². The number of amides is 1. The number of carbonyl (C=O) groups is 3. The summed E-state index contributed by atoms with van der Waals surface area (Å²) in [4.78, 5) is 39.8. The molecule has 0 atom stereocenters. The lowest BCUT2D eigenvalue weighted by Crippen LogP contribution is -2.38. The van der Waals surface area contributed by atoms with Gasteiger partial charge in [-0.3, -0.25) is 14.4 Å². The largest absolute Gasteiger partial charge is 0.469 e. The number of hydrogen-bond donors (Lipinski definition) is 1. The number of aromatic nitrogens is 2. The van der Waals surface area contributed by atoms with Crippen molar-refractivity contribution in [2.24, 2.45) is 5.41 Å². The Labute approximate surface area is 215 Å². The maximum absolute atomic E-state index is 13.1. The number of methoxy groups -OCH3 is 1. The van der Waals surface area contributed by atoms with Gasteiger partial charge in [-0.15, -0.1) is 0 Å². The number of Topliss-reactive ketones (excluding diaryl/α,β-unsaturated/α-hetero) is 1. The summed E-state index contributed by atoms with van der Waals surface area (Å²) >= 11 is 0. The molecule has 196 valence electrons. The van der Waals surface area contributed by atoms with Crippen molar-refractivity contribution in [3.8, 4) is 0 Å². The fourth-order valence-electron chi connectivity index (χ4n) is 4.67. The van der Waals surface area contributed by atoms with Crippen molar-refractivity contribution in [3.05, 3.63) is 64.7 Å². The number of rotatable bonds is 8. The first-order valence-corrected chi connectivity index (χ1v) is 12.4. The van der Waals surface area contributed by atoms with Crippen molar-refractivity contribution in [1.82, 2.24) is 14.9 Å². The van der Waals surface area contributed by atoms with Crippen LogP contribution in [0, 0.1) is 18.2 Å². The van der Waals surface area contributed by atoms with E-state index in [9.17, 15) is 18.8 Å². The van der Waals surface area contributed by atoms with Gasteiger partial charge < -0.3 is 15.0 Å². The van der Waals surface area contributed by atoms with Gasteiger partial charge in [-0.2, -0.15) is 5.10 Å². The number of ketones is 1. The Morgan fingerprint density at radius 1 is 1.11 bits per heavy atom. The highest BCUT2D eigenvalue weighted by molar-refractivity contribution is 5.97. The number of fused-ring (bicyclic) bond motifs is 1. The van der Waals surface area contributed by atoms with E-state index >= 15 is 0 Å². The van der Waals surface area contributed by atoms with E-state index in [0.29, 0.717) is 5.56 Å². The van der Waals surface area contributed by atoms with Crippen LogP contribution in [0.5, 0.6) is 0 Å². The Bertz CT molecular complexity index is 1320. The Morgan fingerprint density at radius 3 is 2.43 bits per heavy atom. The molecule has 1 aliphatic rings. The molecule has 0 bridgehead atoms. The third kappa shape index (κ3) is 6.15. The molecule has 1 N–H and O–H groups in total. The molecular formula is C28H33FN4O4. The lowest BCUT2D eigenvalue weighted by atomic mass is 9.82. The molecule has 8 nitrogen and oxygen atoms in total. The molecule has 1 saturated heterocycles. The molecule has 0 radical (unpaired) electrons. The van der Waals surface area contributed by atoms with Gasteiger partial charge in [-0.1, -0.05) is 26.0 Å². The molecule has 1 aliphatic heterocycles. The number of halogens is 1. The summed E-state index contributed by atoms with van der Waals surface area (Å²) in [5.74, 6) is -1.36. The van der Waals surface area contributed by atoms with E-state index in [0.717, 1.165) is 48.3 Å². The van der Waals surface area contributed by atoms with Gasteiger partial charge in [0.25, 0.3) is 5.91 Å². The van der Waals surface area contributed by atoms with Crippen LogP contribution >= 0.6 is 0 Å². The quantitative estimate of drug-likeness (QED) is 0.467. The highest BCUT2D eigenvalue weighted by Gasteiger charge is 2.29. The molecule has 0 saturated carbocycles. The van der Waals surface area contributed by atoms with Crippen LogP contribution in [-0.4, -0.2) is 54.0 Å². The van der Waals surface area contributed by atoms with Gasteiger partial charge in [0.15, 0.2) is 11.5 Å². The monoisotopic (exact) mass is 508 g/mol. The molecule has 0 unspecified atom stereocenters. The predicted octanol–water partition coefficient (Wildman–Crippen LogP) is 3.67. The molecule has 1 fully saturated rings. The van der Waals surface area contributed by atoms with Crippen LogP contribution < -0.4 is 10.2 Å². The van der Waals surface area contributed by atoms with Crippen LogP contribution in [0.4, 0.5) is 10.1 Å². The van der Waals surface area contributed by atoms with Crippen molar-refractivity contribution >= 4 is 28.9 Å². The van der Waals surface area contributed by atoms with Gasteiger partial charge in [-0.05, 0) is 60.1 Å². The summed E-state index contributed by atoms with van der Waals surface area (Å²) in [6.45, 7) is 7.92. The number of nitrogens with one attached hydrogen (secondary N) is 1. The van der Waals surface area contributed by atoms with Crippen molar-refractivity contribution in [2.45, 2.75) is 46.5 Å². The summed E-state index contributed by atoms with van der Waals surface area (Å²) in [5.41, 5.74) is 4.46. The van der Waals surface area contributed by atoms with Crippen LogP contribution in [0.15, 0.2) is 36.5 Å². The number of ether oxygens (including phenoxy) is 1. The molecule has 1 amide bonds. The van der Waals surface area contributed by atoms with E-state index in [1.807, 2.05) is 13.1 Å². The number of hydrogen-bond acceptors (Lipinski definition) is 6. The van der Waals surface area contributed by atoms with Crippen molar-refractivity contribution < 1.29 is 23.5 Å². The first kappa shape index (κ1) is 26.3. The average molecular weight is 509 g/mol. The van der Waals surface area contributed by atoms with Gasteiger partial charge in [0.1, 0.15) is 5.82 Å². The summed E-state index contributed by atoms with van der Waals surface area (Å²) in [6, 6.07) is 7.41. The highest BCUT2D eigenvalue weighted by Crippen LogP contribution is 2.37. The molecule has 4 rings (SSSR count). The first-order chi connectivity index (χ1) is 17.6. The maximum atomic E-state index is 13.1. The number of esters is 1. The third-order valence-electron chi connectivity index (χ3n) is 7.03. The second kappa shape index (κ2) is 10.7. The predicted molar refractivity (Wildman–Crippen MR) is 138 cm³/mol. The maximum Gasteiger partial charge on any atom is 0.310 e. The molecule has 9 heteroatoms. The molecule has 0 aliphatic carbocycles. The number of carbonyl (C=O) groups excluding carboxylic acids is 3. The van der Waals surface area contributed by atoms with Gasteiger partial charge in [-0.25, -0.2) is 8.91 Å². The van der Waals surface area contributed by atoms with Gasteiger partial charge >= 0.3 is 5.97 Å². The standard InChI is InChI=1S/C28H33FN4O4/c1-18-17-33-24(26(22(18)14-25(35)37-4)32-11-9-28(2,3)10-12-32)15-23(31-33)27(36)30-16-21(34)13-19-5-7-20(29)8-6-19/h5-8,15,17H,9-14,16H2,1-4H3,(H,30,36). The first-order valence-electron chi connectivity index (χ1n) is 12.4. The molecule has 3 aromatic rings. The van der Waals surface area contributed by atoms with Crippen molar-refractivity contribution in [3.63, 3.8) is 0 Å². The van der Waals surface area contributed by atoms with Gasteiger partial charge in [0.05, 0.1) is 31.3 Å². The van der Waals surface area contributed by atoms with Crippen molar-refractivity contribution in [1.29, 1.82) is 0 Å². The second-order valence-corrected chi connectivity index (χ2v) is 10.4. The number of benzene rings is 1. The smallest absolute Gasteiger partial charge is 0.310 e. The Balaban J connectivity index is 1.58. The summed E-state index contributed by atoms with van der Waals surface area (Å²) in [7, 11) is 1.37. The SMILES string of the molecule is COC(=O)Cc1c(C)cn2nc(C(=O)NCC(=O)Cc3ccc(F)cc3)cc2c1N1CCC(C)(C)CC1. The minimum atomic E-state index is -0.464.